The highest BCUT2D eigenvalue weighted by atomic mass is 32.1. The van der Waals surface area contributed by atoms with Crippen LogP contribution in [0.25, 0.3) is 10.1 Å². The summed E-state index contributed by atoms with van der Waals surface area (Å²) in [7, 11) is 0. The van der Waals surface area contributed by atoms with E-state index in [1.807, 2.05) is 32.0 Å². The van der Waals surface area contributed by atoms with Gasteiger partial charge in [0.2, 0.25) is 5.91 Å². The van der Waals surface area contributed by atoms with Crippen molar-refractivity contribution < 1.29 is 14.0 Å². The summed E-state index contributed by atoms with van der Waals surface area (Å²) in [5.41, 5.74) is 2.81. The second-order valence-electron chi connectivity index (χ2n) is 5.77. The predicted molar refractivity (Wildman–Crippen MR) is 98.7 cm³/mol. The summed E-state index contributed by atoms with van der Waals surface area (Å²) in [6, 6.07) is 11.7. The highest BCUT2D eigenvalue weighted by Crippen LogP contribution is 2.26. The van der Waals surface area contributed by atoms with Crippen molar-refractivity contribution >= 4 is 38.9 Å². The van der Waals surface area contributed by atoms with Gasteiger partial charge in [0, 0.05) is 10.4 Å². The van der Waals surface area contributed by atoms with Gasteiger partial charge in [-0.1, -0.05) is 12.1 Å². The Bertz CT molecular complexity index is 965. The van der Waals surface area contributed by atoms with E-state index >= 15 is 0 Å². The average molecular weight is 356 g/mol. The summed E-state index contributed by atoms with van der Waals surface area (Å²) in [6.07, 6.45) is 0. The van der Waals surface area contributed by atoms with Crippen molar-refractivity contribution in [3.63, 3.8) is 0 Å². The van der Waals surface area contributed by atoms with Gasteiger partial charge in [-0.3, -0.25) is 9.59 Å². The molecule has 3 aromatic rings. The molecule has 4 nitrogen and oxygen atoms in total. The van der Waals surface area contributed by atoms with Crippen LogP contribution < -0.4 is 10.6 Å². The van der Waals surface area contributed by atoms with Gasteiger partial charge in [-0.15, -0.1) is 11.3 Å². The van der Waals surface area contributed by atoms with E-state index in [1.54, 1.807) is 12.1 Å². The molecule has 0 aliphatic heterocycles. The molecular weight excluding hydrogens is 339 g/mol. The minimum atomic E-state index is -0.349. The van der Waals surface area contributed by atoms with E-state index in [1.165, 1.54) is 23.5 Å². The van der Waals surface area contributed by atoms with Gasteiger partial charge in [0.1, 0.15) is 5.82 Å². The molecular formula is C19H17FN2O2S. The van der Waals surface area contributed by atoms with E-state index in [9.17, 15) is 14.0 Å². The van der Waals surface area contributed by atoms with E-state index in [2.05, 4.69) is 10.6 Å². The molecule has 0 aliphatic carbocycles. The van der Waals surface area contributed by atoms with E-state index in [0.717, 1.165) is 21.5 Å². The maximum Gasteiger partial charge on any atom is 0.261 e. The van der Waals surface area contributed by atoms with Crippen LogP contribution in [0.5, 0.6) is 0 Å². The lowest BCUT2D eigenvalue weighted by molar-refractivity contribution is -0.115. The maximum atomic E-state index is 13.2. The molecule has 1 heterocycles. The van der Waals surface area contributed by atoms with Crippen molar-refractivity contribution in [1.29, 1.82) is 0 Å². The van der Waals surface area contributed by atoms with Gasteiger partial charge in [-0.2, -0.15) is 0 Å². The molecule has 2 aromatic carbocycles. The molecule has 0 unspecified atom stereocenters. The zero-order valence-electron chi connectivity index (χ0n) is 13.9. The Morgan fingerprint density at radius 2 is 1.92 bits per heavy atom. The number of carbonyl (C=O) groups excluding carboxylic acids is 2. The maximum absolute atomic E-state index is 13.2. The van der Waals surface area contributed by atoms with Gasteiger partial charge < -0.3 is 10.6 Å². The van der Waals surface area contributed by atoms with Crippen molar-refractivity contribution in [2.24, 2.45) is 0 Å². The van der Waals surface area contributed by atoms with Gasteiger partial charge in [-0.05, 0) is 60.7 Å². The van der Waals surface area contributed by atoms with Gasteiger partial charge in [-0.25, -0.2) is 4.39 Å². The Morgan fingerprint density at radius 3 is 2.72 bits per heavy atom. The Hall–Kier alpha value is -2.73. The number of thiophene rings is 1. The van der Waals surface area contributed by atoms with Crippen molar-refractivity contribution in [3.05, 3.63) is 64.3 Å². The molecule has 0 aliphatic rings. The molecule has 128 valence electrons. The van der Waals surface area contributed by atoms with E-state index in [-0.39, 0.29) is 24.2 Å². The Balaban J connectivity index is 1.63. The summed E-state index contributed by atoms with van der Waals surface area (Å²) in [5, 5.41) is 6.06. The molecule has 0 saturated carbocycles. The molecule has 0 atom stereocenters. The molecule has 6 heteroatoms. The Morgan fingerprint density at radius 1 is 1.12 bits per heavy atom. The van der Waals surface area contributed by atoms with E-state index in [4.69, 9.17) is 0 Å². The molecule has 0 saturated heterocycles. The predicted octanol–water partition coefficient (Wildman–Crippen LogP) is 4.03. The summed E-state index contributed by atoms with van der Waals surface area (Å²) in [6.45, 7) is 3.77. The second kappa shape index (κ2) is 7.03. The van der Waals surface area contributed by atoms with Crippen LogP contribution in [0.1, 0.15) is 20.8 Å². The van der Waals surface area contributed by atoms with Crippen LogP contribution in [0.15, 0.2) is 42.5 Å². The first kappa shape index (κ1) is 17.1. The van der Waals surface area contributed by atoms with Gasteiger partial charge >= 0.3 is 0 Å². The third-order valence-corrected chi connectivity index (χ3v) is 5.11. The third-order valence-electron chi connectivity index (χ3n) is 3.99. The zero-order chi connectivity index (χ0) is 18.0. The first-order chi connectivity index (χ1) is 11.9. The lowest BCUT2D eigenvalue weighted by Gasteiger charge is -2.10. The SMILES string of the molecule is Cc1cccc(NC(=O)CNC(=O)c2cc3cc(F)ccc3s2)c1C. The summed E-state index contributed by atoms with van der Waals surface area (Å²) < 4.78 is 14.0. The fourth-order valence-corrected chi connectivity index (χ4v) is 3.41. The molecule has 0 spiro atoms. The highest BCUT2D eigenvalue weighted by molar-refractivity contribution is 7.20. The zero-order valence-corrected chi connectivity index (χ0v) is 14.7. The van der Waals surface area contributed by atoms with Gasteiger partial charge in [0.05, 0.1) is 11.4 Å². The van der Waals surface area contributed by atoms with E-state index in [0.29, 0.717) is 10.3 Å². The van der Waals surface area contributed by atoms with Crippen molar-refractivity contribution in [1.82, 2.24) is 5.32 Å². The second-order valence-corrected chi connectivity index (χ2v) is 6.85. The van der Waals surface area contributed by atoms with Crippen LogP contribution in [0.3, 0.4) is 0 Å². The lowest BCUT2D eigenvalue weighted by atomic mass is 10.1. The summed E-state index contributed by atoms with van der Waals surface area (Å²) in [5.74, 6) is -0.989. The summed E-state index contributed by atoms with van der Waals surface area (Å²) in [4.78, 5) is 24.7. The summed E-state index contributed by atoms with van der Waals surface area (Å²) >= 11 is 1.26. The number of nitrogens with one attached hydrogen (secondary N) is 2. The number of benzene rings is 2. The number of hydrogen-bond acceptors (Lipinski definition) is 3. The van der Waals surface area contributed by atoms with Gasteiger partial charge in [0.15, 0.2) is 0 Å². The van der Waals surface area contributed by atoms with Crippen LogP contribution in [0.4, 0.5) is 10.1 Å². The number of carbonyl (C=O) groups is 2. The largest absolute Gasteiger partial charge is 0.342 e. The number of aryl methyl sites for hydroxylation is 1. The molecule has 0 radical (unpaired) electrons. The van der Waals surface area contributed by atoms with Crippen LogP contribution in [0.2, 0.25) is 0 Å². The smallest absolute Gasteiger partial charge is 0.261 e. The van der Waals surface area contributed by atoms with Crippen LogP contribution in [-0.2, 0) is 4.79 Å². The number of anilines is 1. The number of fused-ring (bicyclic) bond motifs is 1. The molecule has 2 amide bonds. The topological polar surface area (TPSA) is 58.2 Å². The first-order valence-electron chi connectivity index (χ1n) is 7.77. The van der Waals surface area contributed by atoms with Crippen molar-refractivity contribution in [2.45, 2.75) is 13.8 Å². The lowest BCUT2D eigenvalue weighted by Crippen LogP contribution is -2.32. The highest BCUT2D eigenvalue weighted by Gasteiger charge is 2.13. The third kappa shape index (κ3) is 3.85. The minimum absolute atomic E-state index is 0.130. The van der Waals surface area contributed by atoms with Crippen LogP contribution in [-0.4, -0.2) is 18.4 Å². The fraction of sp³-hybridized carbons (Fsp3) is 0.158. The monoisotopic (exact) mass is 356 g/mol. The number of hydrogen-bond donors (Lipinski definition) is 2. The Labute approximate surface area is 148 Å². The van der Waals surface area contributed by atoms with Crippen molar-refractivity contribution in [2.75, 3.05) is 11.9 Å². The fourth-order valence-electron chi connectivity index (χ4n) is 2.45. The number of halogens is 1. The van der Waals surface area contributed by atoms with Crippen molar-refractivity contribution in [3.8, 4) is 0 Å². The minimum Gasteiger partial charge on any atom is -0.342 e. The van der Waals surface area contributed by atoms with Crippen LogP contribution in [0, 0.1) is 19.7 Å². The molecule has 2 N–H and O–H groups in total. The average Bonchev–Trinajstić information content (AvgIpc) is 3.00. The number of amides is 2. The molecule has 3 rings (SSSR count). The van der Waals surface area contributed by atoms with E-state index < -0.39 is 0 Å². The molecule has 1 aromatic heterocycles. The quantitative estimate of drug-likeness (QED) is 0.742. The van der Waals surface area contributed by atoms with Gasteiger partial charge in [0.25, 0.3) is 5.91 Å². The Kier molecular flexibility index (Phi) is 4.81. The molecule has 0 fully saturated rings. The normalized spacial score (nSPS) is 10.7. The number of rotatable bonds is 4. The van der Waals surface area contributed by atoms with Crippen LogP contribution >= 0.6 is 11.3 Å². The first-order valence-corrected chi connectivity index (χ1v) is 8.59. The molecule has 0 bridgehead atoms. The molecule has 25 heavy (non-hydrogen) atoms. The standard InChI is InChI=1S/C19H17FN2O2S/c1-11-4-3-5-15(12(11)2)22-18(23)10-21-19(24)17-9-13-8-14(20)6-7-16(13)25-17/h3-9H,10H2,1-2H3,(H,21,24)(H,22,23).